The zero-order valence-corrected chi connectivity index (χ0v) is 13.7. The van der Waals surface area contributed by atoms with E-state index in [1.807, 2.05) is 4.90 Å². The van der Waals surface area contributed by atoms with Gasteiger partial charge in [0.15, 0.2) is 0 Å². The van der Waals surface area contributed by atoms with E-state index in [1.54, 1.807) is 0 Å². The van der Waals surface area contributed by atoms with Gasteiger partial charge in [0.25, 0.3) is 0 Å². The molecule has 0 radical (unpaired) electrons. The molecule has 0 aromatic rings. The molecular weight excluding hydrogens is 302 g/mol. The lowest BCUT2D eigenvalue weighted by Crippen LogP contribution is -2.47. The molecular formula is C17H28F2N2O2. The molecule has 1 aliphatic carbocycles. The van der Waals surface area contributed by atoms with Crippen molar-refractivity contribution >= 4 is 6.03 Å². The number of hydrogen-bond donors (Lipinski definition) is 1. The number of amides is 2. The highest BCUT2D eigenvalue weighted by molar-refractivity contribution is 5.74. The smallest absolute Gasteiger partial charge is 0.317 e. The molecule has 3 aliphatic rings. The number of carbonyl (C=O) groups is 1. The van der Waals surface area contributed by atoms with Gasteiger partial charge in [-0.15, -0.1) is 0 Å². The summed E-state index contributed by atoms with van der Waals surface area (Å²) in [5.41, 5.74) is 0. The topological polar surface area (TPSA) is 41.6 Å². The molecule has 4 nitrogen and oxygen atoms in total. The molecule has 3 rings (SSSR count). The molecule has 23 heavy (non-hydrogen) atoms. The summed E-state index contributed by atoms with van der Waals surface area (Å²) in [6.45, 7) is 2.96. The fourth-order valence-electron chi connectivity index (χ4n) is 4.10. The normalized spacial score (nSPS) is 29.7. The minimum absolute atomic E-state index is 0.0341. The lowest BCUT2D eigenvalue weighted by Gasteiger charge is -2.35. The lowest BCUT2D eigenvalue weighted by molar-refractivity contribution is -0.0452. The van der Waals surface area contributed by atoms with E-state index < -0.39 is 5.92 Å². The molecule has 0 aromatic carbocycles. The van der Waals surface area contributed by atoms with E-state index >= 15 is 0 Å². The van der Waals surface area contributed by atoms with Gasteiger partial charge in [-0.2, -0.15) is 0 Å². The molecule has 2 saturated heterocycles. The third kappa shape index (κ3) is 4.55. The Hall–Kier alpha value is -0.910. The van der Waals surface area contributed by atoms with Gasteiger partial charge in [-0.1, -0.05) is 0 Å². The van der Waals surface area contributed by atoms with Crippen LogP contribution in [0, 0.1) is 11.8 Å². The molecule has 132 valence electrons. The second kappa shape index (κ2) is 7.32. The zero-order valence-electron chi connectivity index (χ0n) is 13.7. The van der Waals surface area contributed by atoms with E-state index in [2.05, 4.69) is 5.32 Å². The Kier molecular flexibility index (Phi) is 5.39. The Morgan fingerprint density at radius 3 is 2.43 bits per heavy atom. The van der Waals surface area contributed by atoms with Gasteiger partial charge in [-0.3, -0.25) is 0 Å². The summed E-state index contributed by atoms with van der Waals surface area (Å²) in [7, 11) is 0. The number of halogens is 2. The maximum atomic E-state index is 13.1. The number of urea groups is 1. The van der Waals surface area contributed by atoms with Crippen LogP contribution in [-0.2, 0) is 4.74 Å². The number of rotatable bonds is 3. The van der Waals surface area contributed by atoms with E-state index in [1.165, 1.54) is 0 Å². The highest BCUT2D eigenvalue weighted by Crippen LogP contribution is 2.35. The Balaban J connectivity index is 1.35. The molecule has 2 amide bonds. The van der Waals surface area contributed by atoms with Gasteiger partial charge in [0, 0.05) is 39.1 Å². The average molecular weight is 330 g/mol. The molecule has 0 unspecified atom stereocenters. The minimum Gasteiger partial charge on any atom is -0.378 e. The predicted molar refractivity (Wildman–Crippen MR) is 83.6 cm³/mol. The number of nitrogens with one attached hydrogen (secondary N) is 1. The van der Waals surface area contributed by atoms with Gasteiger partial charge in [-0.25, -0.2) is 13.6 Å². The first kappa shape index (κ1) is 16.9. The monoisotopic (exact) mass is 330 g/mol. The summed E-state index contributed by atoms with van der Waals surface area (Å²) in [4.78, 5) is 14.1. The summed E-state index contributed by atoms with van der Waals surface area (Å²) in [6.07, 6.45) is 5.66. The van der Waals surface area contributed by atoms with Crippen LogP contribution in [0.2, 0.25) is 0 Å². The molecule has 0 spiro atoms. The number of ether oxygens (including phenoxy) is 1. The van der Waals surface area contributed by atoms with Gasteiger partial charge in [0.1, 0.15) is 0 Å². The second-order valence-electron chi connectivity index (χ2n) is 7.36. The maximum absolute atomic E-state index is 13.1. The highest BCUT2D eigenvalue weighted by atomic mass is 19.3. The fraction of sp³-hybridized carbons (Fsp3) is 0.941. The van der Waals surface area contributed by atoms with Crippen LogP contribution >= 0.6 is 0 Å². The Morgan fingerprint density at radius 1 is 1.13 bits per heavy atom. The van der Waals surface area contributed by atoms with Crippen molar-refractivity contribution in [1.29, 1.82) is 0 Å². The fourth-order valence-corrected chi connectivity index (χ4v) is 4.10. The molecule has 6 heteroatoms. The van der Waals surface area contributed by atoms with Crippen molar-refractivity contribution in [3.63, 3.8) is 0 Å². The largest absolute Gasteiger partial charge is 0.378 e. The number of alkyl halides is 2. The third-order valence-electron chi connectivity index (χ3n) is 5.70. The number of piperidine rings is 1. The molecule has 2 heterocycles. The summed E-state index contributed by atoms with van der Waals surface area (Å²) in [6, 6.07) is -0.0341. The molecule has 0 bridgehead atoms. The van der Waals surface area contributed by atoms with Crippen LogP contribution < -0.4 is 5.32 Å². The summed E-state index contributed by atoms with van der Waals surface area (Å²) in [5, 5.41) is 2.94. The number of hydrogen-bond acceptors (Lipinski definition) is 2. The SMILES string of the molecule is O=C(NCC1CCC(F)(F)CC1)N1CCC([C@@H]2CCCO2)CC1. The van der Waals surface area contributed by atoms with Gasteiger partial charge >= 0.3 is 6.03 Å². The Morgan fingerprint density at radius 2 is 1.83 bits per heavy atom. The first-order valence-electron chi connectivity index (χ1n) is 9.06. The van der Waals surface area contributed by atoms with Crippen LogP contribution in [0.5, 0.6) is 0 Å². The molecule has 3 fully saturated rings. The third-order valence-corrected chi connectivity index (χ3v) is 5.70. The van der Waals surface area contributed by atoms with Crippen LogP contribution in [-0.4, -0.2) is 49.2 Å². The average Bonchev–Trinajstić information content (AvgIpc) is 3.08. The van der Waals surface area contributed by atoms with Crippen LogP contribution in [0.4, 0.5) is 13.6 Å². The molecule has 2 aliphatic heterocycles. The van der Waals surface area contributed by atoms with Crippen molar-refractivity contribution in [3.05, 3.63) is 0 Å². The Bertz CT molecular complexity index is 395. The predicted octanol–water partition coefficient (Wildman–Crippen LogP) is 3.41. The van der Waals surface area contributed by atoms with Gasteiger partial charge < -0.3 is 15.0 Å². The minimum atomic E-state index is -2.50. The van der Waals surface area contributed by atoms with Crippen molar-refractivity contribution in [2.75, 3.05) is 26.2 Å². The number of carbonyl (C=O) groups excluding carboxylic acids is 1. The van der Waals surface area contributed by atoms with Crippen LogP contribution in [0.15, 0.2) is 0 Å². The van der Waals surface area contributed by atoms with Crippen molar-refractivity contribution in [3.8, 4) is 0 Å². The first-order valence-corrected chi connectivity index (χ1v) is 9.06. The number of nitrogens with zero attached hydrogens (tertiary/aromatic N) is 1. The van der Waals surface area contributed by atoms with Gasteiger partial charge in [0.05, 0.1) is 6.10 Å². The van der Waals surface area contributed by atoms with Gasteiger partial charge in [0.2, 0.25) is 5.92 Å². The standard InChI is InChI=1S/C17H28F2N2O2/c18-17(19)7-3-13(4-8-17)12-20-16(22)21-9-5-14(6-10-21)15-2-1-11-23-15/h13-15H,1-12H2,(H,20,22)/t15-/m0/s1. The van der Waals surface area contributed by atoms with E-state index in [4.69, 9.17) is 4.74 Å². The summed E-state index contributed by atoms with van der Waals surface area (Å²) in [5.74, 6) is -1.71. The van der Waals surface area contributed by atoms with Crippen molar-refractivity contribution in [2.45, 2.75) is 63.4 Å². The van der Waals surface area contributed by atoms with E-state index in [-0.39, 0.29) is 24.8 Å². The van der Waals surface area contributed by atoms with Crippen molar-refractivity contribution in [2.24, 2.45) is 11.8 Å². The van der Waals surface area contributed by atoms with E-state index in [0.29, 0.717) is 31.4 Å². The van der Waals surface area contributed by atoms with Crippen LogP contribution in [0.3, 0.4) is 0 Å². The van der Waals surface area contributed by atoms with E-state index in [9.17, 15) is 13.6 Å². The molecule has 1 saturated carbocycles. The summed E-state index contributed by atoms with van der Waals surface area (Å²) >= 11 is 0. The second-order valence-corrected chi connectivity index (χ2v) is 7.36. The lowest BCUT2D eigenvalue weighted by atomic mass is 9.87. The molecule has 0 aromatic heterocycles. The quantitative estimate of drug-likeness (QED) is 0.861. The van der Waals surface area contributed by atoms with Crippen molar-refractivity contribution < 1.29 is 18.3 Å². The Labute approximate surface area is 136 Å². The van der Waals surface area contributed by atoms with E-state index in [0.717, 1.165) is 45.4 Å². The summed E-state index contributed by atoms with van der Waals surface area (Å²) < 4.78 is 32.0. The molecule has 1 N–H and O–H groups in total. The first-order chi connectivity index (χ1) is 11.0. The van der Waals surface area contributed by atoms with Gasteiger partial charge in [-0.05, 0) is 50.4 Å². The highest BCUT2D eigenvalue weighted by Gasteiger charge is 2.35. The van der Waals surface area contributed by atoms with Crippen LogP contribution in [0.25, 0.3) is 0 Å². The number of likely N-dealkylation sites (tertiary alicyclic amines) is 1. The molecule has 1 atom stereocenters. The zero-order chi connectivity index (χ0) is 16.3. The van der Waals surface area contributed by atoms with Crippen molar-refractivity contribution in [1.82, 2.24) is 10.2 Å². The maximum Gasteiger partial charge on any atom is 0.317 e. The van der Waals surface area contributed by atoms with Crippen LogP contribution in [0.1, 0.15) is 51.4 Å².